The van der Waals surface area contributed by atoms with Gasteiger partial charge in [-0.15, -0.1) is 21.6 Å². The quantitative estimate of drug-likeness (QED) is 0.649. The van der Waals surface area contributed by atoms with Crippen molar-refractivity contribution in [2.45, 2.75) is 6.92 Å². The summed E-state index contributed by atoms with van der Waals surface area (Å²) in [6, 6.07) is 7.95. The van der Waals surface area contributed by atoms with Crippen molar-refractivity contribution in [3.63, 3.8) is 0 Å². The standard InChI is InChI=1S/C8H11OP.ClH/c1-2-9-7-3-5-8(10)6-4-7;/h3-6H,2,10H2,1H3;1H. The Balaban J connectivity index is 0.000001000. The Labute approximate surface area is 75.8 Å². The predicted octanol–water partition coefficient (Wildman–Crippen LogP) is 2.01. The van der Waals surface area contributed by atoms with Crippen molar-refractivity contribution in [1.82, 2.24) is 0 Å². The Hall–Kier alpha value is -0.260. The summed E-state index contributed by atoms with van der Waals surface area (Å²) in [5, 5.41) is 1.18. The van der Waals surface area contributed by atoms with Gasteiger partial charge in [-0.25, -0.2) is 0 Å². The van der Waals surface area contributed by atoms with Crippen LogP contribution in [0.2, 0.25) is 0 Å². The van der Waals surface area contributed by atoms with E-state index in [0.29, 0.717) is 0 Å². The minimum atomic E-state index is 0. The second-order valence-electron chi connectivity index (χ2n) is 2.00. The minimum Gasteiger partial charge on any atom is -0.494 e. The van der Waals surface area contributed by atoms with Crippen LogP contribution < -0.4 is 10.0 Å². The number of rotatable bonds is 2. The Morgan fingerprint density at radius 1 is 1.27 bits per heavy atom. The van der Waals surface area contributed by atoms with Gasteiger partial charge in [-0.1, -0.05) is 12.1 Å². The van der Waals surface area contributed by atoms with Crippen molar-refractivity contribution in [2.24, 2.45) is 0 Å². The van der Waals surface area contributed by atoms with Crippen molar-refractivity contribution < 1.29 is 4.74 Å². The first-order valence-electron chi connectivity index (χ1n) is 3.31. The molecule has 1 unspecified atom stereocenters. The normalized spacial score (nSPS) is 8.55. The minimum absolute atomic E-state index is 0. The van der Waals surface area contributed by atoms with Gasteiger partial charge in [0.25, 0.3) is 0 Å². The molecule has 1 nitrogen and oxygen atoms in total. The van der Waals surface area contributed by atoms with Crippen LogP contribution in [0.4, 0.5) is 0 Å². The van der Waals surface area contributed by atoms with E-state index in [1.165, 1.54) is 5.30 Å². The molecule has 0 bridgehead atoms. The Morgan fingerprint density at radius 3 is 2.27 bits per heavy atom. The van der Waals surface area contributed by atoms with E-state index in [0.717, 1.165) is 12.4 Å². The Morgan fingerprint density at radius 2 is 1.82 bits per heavy atom. The van der Waals surface area contributed by atoms with Crippen LogP contribution in [0, 0.1) is 0 Å². The molecule has 0 aliphatic carbocycles. The summed E-state index contributed by atoms with van der Waals surface area (Å²) in [5.74, 6) is 0.939. The first-order valence-corrected chi connectivity index (χ1v) is 3.89. The summed E-state index contributed by atoms with van der Waals surface area (Å²) in [7, 11) is 2.63. The summed E-state index contributed by atoms with van der Waals surface area (Å²) in [6.07, 6.45) is 0. The molecule has 0 aromatic heterocycles. The second kappa shape index (κ2) is 5.40. The molecule has 0 amide bonds. The third-order valence-corrected chi connectivity index (χ3v) is 1.58. The molecule has 11 heavy (non-hydrogen) atoms. The van der Waals surface area contributed by atoms with E-state index in [9.17, 15) is 0 Å². The Bertz CT molecular complexity index is 198. The van der Waals surface area contributed by atoms with Gasteiger partial charge in [0.15, 0.2) is 0 Å². The lowest BCUT2D eigenvalue weighted by Crippen LogP contribution is -1.93. The van der Waals surface area contributed by atoms with Crippen molar-refractivity contribution in [3.05, 3.63) is 24.3 Å². The predicted molar refractivity (Wildman–Crippen MR) is 54.2 cm³/mol. The van der Waals surface area contributed by atoms with Gasteiger partial charge in [-0.3, -0.25) is 0 Å². The van der Waals surface area contributed by atoms with Crippen molar-refractivity contribution in [1.29, 1.82) is 0 Å². The molecule has 0 aliphatic rings. The van der Waals surface area contributed by atoms with E-state index in [4.69, 9.17) is 4.74 Å². The van der Waals surface area contributed by atoms with Crippen LogP contribution in [-0.4, -0.2) is 6.61 Å². The smallest absolute Gasteiger partial charge is 0.119 e. The first kappa shape index (κ1) is 10.7. The van der Waals surface area contributed by atoms with Crippen LogP contribution in [-0.2, 0) is 0 Å². The van der Waals surface area contributed by atoms with Crippen LogP contribution in [0.1, 0.15) is 6.92 Å². The average molecular weight is 191 g/mol. The molecule has 1 atom stereocenters. The molecule has 0 saturated heterocycles. The number of hydrogen-bond donors (Lipinski definition) is 0. The summed E-state index contributed by atoms with van der Waals surface area (Å²) >= 11 is 0. The number of benzene rings is 1. The van der Waals surface area contributed by atoms with Crippen LogP contribution in [0.25, 0.3) is 0 Å². The number of halogens is 1. The van der Waals surface area contributed by atoms with Gasteiger partial charge in [-0.05, 0) is 24.4 Å². The molecule has 1 aromatic rings. The molecule has 0 radical (unpaired) electrons. The first-order chi connectivity index (χ1) is 4.83. The zero-order valence-corrected chi connectivity index (χ0v) is 8.38. The zero-order valence-electron chi connectivity index (χ0n) is 6.41. The number of hydrogen-bond acceptors (Lipinski definition) is 1. The molecular weight excluding hydrogens is 179 g/mol. The molecular formula is C8H12ClOP. The molecule has 0 fully saturated rings. The van der Waals surface area contributed by atoms with E-state index in [1.54, 1.807) is 0 Å². The highest BCUT2D eigenvalue weighted by Gasteiger charge is 1.88. The fourth-order valence-corrected chi connectivity index (χ4v) is 0.923. The van der Waals surface area contributed by atoms with E-state index in [1.807, 2.05) is 31.2 Å². The highest BCUT2D eigenvalue weighted by Crippen LogP contribution is 2.07. The van der Waals surface area contributed by atoms with E-state index < -0.39 is 0 Å². The van der Waals surface area contributed by atoms with Gasteiger partial charge in [0, 0.05) is 0 Å². The molecule has 0 saturated carbocycles. The lowest BCUT2D eigenvalue weighted by atomic mass is 10.3. The SMILES string of the molecule is CCOc1ccc(P)cc1.Cl. The van der Waals surface area contributed by atoms with Gasteiger partial charge in [0.2, 0.25) is 0 Å². The molecule has 0 aliphatic heterocycles. The van der Waals surface area contributed by atoms with Crippen LogP contribution in [0.3, 0.4) is 0 Å². The largest absolute Gasteiger partial charge is 0.494 e. The summed E-state index contributed by atoms with van der Waals surface area (Å²) < 4.78 is 5.25. The molecule has 0 heterocycles. The van der Waals surface area contributed by atoms with Gasteiger partial charge in [-0.2, -0.15) is 0 Å². The van der Waals surface area contributed by atoms with E-state index in [-0.39, 0.29) is 12.4 Å². The van der Waals surface area contributed by atoms with Crippen LogP contribution in [0.15, 0.2) is 24.3 Å². The Kier molecular flexibility index (Phi) is 5.27. The summed E-state index contributed by atoms with van der Waals surface area (Å²) in [6.45, 7) is 2.71. The van der Waals surface area contributed by atoms with Crippen molar-refractivity contribution in [2.75, 3.05) is 6.61 Å². The molecule has 3 heteroatoms. The highest BCUT2D eigenvalue weighted by atomic mass is 35.5. The second-order valence-corrected chi connectivity index (χ2v) is 2.67. The highest BCUT2D eigenvalue weighted by molar-refractivity contribution is 7.27. The lowest BCUT2D eigenvalue weighted by molar-refractivity contribution is 0.340. The molecule has 1 rings (SSSR count). The molecule has 62 valence electrons. The fourth-order valence-electron chi connectivity index (χ4n) is 0.731. The third-order valence-electron chi connectivity index (χ3n) is 1.19. The molecule has 1 aromatic carbocycles. The lowest BCUT2D eigenvalue weighted by Gasteiger charge is -2.01. The van der Waals surface area contributed by atoms with Gasteiger partial charge in [0.1, 0.15) is 5.75 Å². The maximum Gasteiger partial charge on any atom is 0.119 e. The average Bonchev–Trinajstić information content (AvgIpc) is 1.95. The van der Waals surface area contributed by atoms with Crippen LogP contribution >= 0.6 is 21.6 Å². The molecule has 0 N–H and O–H groups in total. The number of ether oxygens (including phenoxy) is 1. The summed E-state index contributed by atoms with van der Waals surface area (Å²) in [4.78, 5) is 0. The monoisotopic (exact) mass is 190 g/mol. The maximum atomic E-state index is 5.25. The maximum absolute atomic E-state index is 5.25. The van der Waals surface area contributed by atoms with Crippen molar-refractivity contribution >= 4 is 27.0 Å². The van der Waals surface area contributed by atoms with E-state index >= 15 is 0 Å². The van der Waals surface area contributed by atoms with E-state index in [2.05, 4.69) is 9.24 Å². The topological polar surface area (TPSA) is 9.23 Å². The van der Waals surface area contributed by atoms with Crippen molar-refractivity contribution in [3.8, 4) is 5.75 Å². The summed E-state index contributed by atoms with van der Waals surface area (Å²) in [5.41, 5.74) is 0. The van der Waals surface area contributed by atoms with Crippen LogP contribution in [0.5, 0.6) is 5.75 Å². The zero-order chi connectivity index (χ0) is 7.40. The fraction of sp³-hybridized carbons (Fsp3) is 0.250. The van der Waals surface area contributed by atoms with Gasteiger partial charge >= 0.3 is 0 Å². The van der Waals surface area contributed by atoms with Gasteiger partial charge in [0.05, 0.1) is 6.61 Å². The third kappa shape index (κ3) is 3.60. The molecule has 0 spiro atoms. The van der Waals surface area contributed by atoms with Gasteiger partial charge < -0.3 is 4.74 Å².